The van der Waals surface area contributed by atoms with Gasteiger partial charge in [0.25, 0.3) is 0 Å². The molecule has 0 N–H and O–H groups in total. The third kappa shape index (κ3) is 14.6. The first kappa shape index (κ1) is 56.4. The Labute approximate surface area is 455 Å². The summed E-state index contributed by atoms with van der Waals surface area (Å²) in [4.78, 5) is 42.4. The van der Waals surface area contributed by atoms with Crippen LogP contribution in [0.2, 0.25) is 0 Å². The summed E-state index contributed by atoms with van der Waals surface area (Å²) in [5.41, 5.74) is 4.56. The Morgan fingerprint density at radius 3 is 0.878 bits per heavy atom. The molecule has 0 unspecified atom stereocenters. The lowest BCUT2D eigenvalue weighted by Gasteiger charge is -2.28. The fourth-order valence-electron chi connectivity index (χ4n) is 7.61. The number of pyridine rings is 2. The number of benzene rings is 4. The Morgan fingerprint density at radius 2 is 0.662 bits per heavy atom. The minimum absolute atomic E-state index is 0.188. The molecule has 0 aliphatic carbocycles. The number of rotatable bonds is 14. The lowest BCUT2D eigenvalue weighted by molar-refractivity contribution is -0.146. The number of hydrogen-bond donors (Lipinski definition) is 0. The van der Waals surface area contributed by atoms with E-state index in [1.165, 1.54) is 47.0 Å². The number of fused-ring (bicyclic) bond motifs is 8. The fraction of sp³-hybridized carbons (Fsp3) is 0.400. The van der Waals surface area contributed by atoms with E-state index in [2.05, 4.69) is 142 Å². The minimum atomic E-state index is -0.473. The number of nitrogens with zero attached hydrogens (tertiary/aromatic N) is 2. The van der Waals surface area contributed by atoms with Crippen LogP contribution in [0.15, 0.2) is 136 Å². The first-order valence-electron chi connectivity index (χ1n) is 25.0. The van der Waals surface area contributed by atoms with Gasteiger partial charge in [-0.1, -0.05) is 142 Å². The predicted octanol–water partition coefficient (Wildman–Crippen LogP) is 15.6. The van der Waals surface area contributed by atoms with Crippen LogP contribution in [0.4, 0.5) is 0 Å². The first-order valence-corrected chi connectivity index (χ1v) is 28.3. The average molecular weight is 1080 g/mol. The van der Waals surface area contributed by atoms with Crippen molar-refractivity contribution in [1.82, 2.24) is 9.97 Å². The van der Waals surface area contributed by atoms with Crippen molar-refractivity contribution >= 4 is 59.0 Å². The summed E-state index contributed by atoms with van der Waals surface area (Å²) in [7, 11) is 0. The second-order valence-electron chi connectivity index (χ2n) is 22.0. The van der Waals surface area contributed by atoms with Gasteiger partial charge in [-0.25, -0.2) is 9.59 Å². The maximum absolute atomic E-state index is 13.3. The molecular weight excluding hydrogens is 1000 g/mol. The van der Waals surface area contributed by atoms with Crippen molar-refractivity contribution in [2.24, 2.45) is 0 Å². The van der Waals surface area contributed by atoms with Crippen molar-refractivity contribution < 1.29 is 38.0 Å². The molecule has 7 rings (SSSR count). The molecular formula is C60H70N2O8S4. The molecule has 0 spiro atoms. The van der Waals surface area contributed by atoms with Crippen LogP contribution in [0.3, 0.4) is 0 Å². The van der Waals surface area contributed by atoms with E-state index in [-0.39, 0.29) is 61.3 Å². The van der Waals surface area contributed by atoms with Gasteiger partial charge in [0, 0.05) is 12.4 Å². The number of esters is 2. The zero-order valence-electron chi connectivity index (χ0n) is 45.3. The molecule has 0 amide bonds. The van der Waals surface area contributed by atoms with Crippen LogP contribution in [-0.4, -0.2) is 48.3 Å². The smallest absolute Gasteiger partial charge is 0.344 e. The summed E-state index contributed by atoms with van der Waals surface area (Å²) in [5.74, 6) is 1.38. The van der Waals surface area contributed by atoms with Gasteiger partial charge in [-0.2, -0.15) is 0 Å². The Balaban J connectivity index is 1.63. The van der Waals surface area contributed by atoms with Crippen LogP contribution in [0.1, 0.15) is 131 Å². The van der Waals surface area contributed by atoms with Gasteiger partial charge in [-0.05, 0) is 131 Å². The van der Waals surface area contributed by atoms with Crippen molar-refractivity contribution in [1.29, 1.82) is 0 Å². The van der Waals surface area contributed by atoms with Gasteiger partial charge < -0.3 is 28.4 Å². The number of hydrogen-bond acceptors (Lipinski definition) is 14. The normalized spacial score (nSPS) is 12.9. The minimum Gasteiger partial charge on any atom is -0.485 e. The predicted molar refractivity (Wildman–Crippen MR) is 298 cm³/mol. The monoisotopic (exact) mass is 1070 g/mol. The molecule has 8 bridgehead atoms. The third-order valence-electron chi connectivity index (χ3n) is 11.9. The number of aromatic nitrogens is 2. The van der Waals surface area contributed by atoms with Crippen LogP contribution < -0.4 is 18.9 Å². The van der Waals surface area contributed by atoms with Crippen LogP contribution in [0.25, 0.3) is 0 Å². The lowest BCUT2D eigenvalue weighted by Crippen LogP contribution is -2.17. The van der Waals surface area contributed by atoms with Crippen molar-refractivity contribution in [3.05, 3.63) is 131 Å². The lowest BCUT2D eigenvalue weighted by atomic mass is 9.87. The highest BCUT2D eigenvalue weighted by Gasteiger charge is 2.31. The van der Waals surface area contributed by atoms with Gasteiger partial charge in [0.05, 0.1) is 63.8 Å². The molecule has 1 aliphatic rings. The van der Waals surface area contributed by atoms with E-state index >= 15 is 0 Å². The Hall–Kier alpha value is -5.28. The third-order valence-corrected chi connectivity index (χ3v) is 16.1. The summed E-state index contributed by atoms with van der Waals surface area (Å²) in [6.45, 7) is 30.2. The first-order chi connectivity index (χ1) is 34.9. The van der Waals surface area contributed by atoms with E-state index in [1.807, 2.05) is 36.4 Å². The summed E-state index contributed by atoms with van der Waals surface area (Å²) in [6.07, 6.45) is 3.53. The highest BCUT2D eigenvalue weighted by Crippen LogP contribution is 2.56. The SMILES string of the molecule is CCOC(=O)COc1c2cc(C(C)(C)C)cc1Sc1cc(C(C)(C)C)cc(c1OCc1ccccn1)Sc1cc(C(C)(C)C)cc(c1OCC(=O)OCC)Sc1cc(C(C)(C)C)cc(c1OCc1ccccn1)S2. The van der Waals surface area contributed by atoms with Crippen molar-refractivity contribution in [3.63, 3.8) is 0 Å². The fourth-order valence-corrected chi connectivity index (χ4v) is 12.4. The molecule has 1 aliphatic heterocycles. The van der Waals surface area contributed by atoms with E-state index < -0.39 is 11.9 Å². The van der Waals surface area contributed by atoms with Crippen molar-refractivity contribution in [2.75, 3.05) is 26.4 Å². The van der Waals surface area contributed by atoms with Gasteiger partial charge in [-0.15, -0.1) is 0 Å². The maximum atomic E-state index is 13.3. The Bertz CT molecular complexity index is 2660. The van der Waals surface area contributed by atoms with Crippen molar-refractivity contribution in [3.8, 4) is 23.0 Å². The molecule has 4 aromatic carbocycles. The van der Waals surface area contributed by atoms with E-state index in [0.29, 0.717) is 23.0 Å². The zero-order chi connectivity index (χ0) is 53.6. The second-order valence-corrected chi connectivity index (χ2v) is 26.4. The number of carbonyl (C=O) groups is 2. The molecule has 2 aromatic heterocycles. The van der Waals surface area contributed by atoms with Crippen LogP contribution >= 0.6 is 47.0 Å². The molecule has 6 aromatic rings. The molecule has 0 saturated heterocycles. The molecule has 0 fully saturated rings. The van der Waals surface area contributed by atoms with E-state index in [0.717, 1.165) is 72.8 Å². The second kappa shape index (κ2) is 23.7. The van der Waals surface area contributed by atoms with Gasteiger partial charge in [-0.3, -0.25) is 9.97 Å². The molecule has 392 valence electrons. The van der Waals surface area contributed by atoms with Crippen molar-refractivity contribution in [2.45, 2.75) is 171 Å². The van der Waals surface area contributed by atoms with Crippen LogP contribution in [-0.2, 0) is 53.9 Å². The van der Waals surface area contributed by atoms with E-state index in [4.69, 9.17) is 28.4 Å². The van der Waals surface area contributed by atoms with Crippen LogP contribution in [0.5, 0.6) is 23.0 Å². The van der Waals surface area contributed by atoms with Gasteiger partial charge >= 0.3 is 11.9 Å². The Kier molecular flexibility index (Phi) is 18.1. The molecule has 74 heavy (non-hydrogen) atoms. The highest BCUT2D eigenvalue weighted by atomic mass is 32.2. The molecule has 0 saturated carbocycles. The standard InChI is InChI=1S/C60H70N2O8S4/c1-15-65-51(63)35-69-55-47-29-39(59(9,10)11)30-48(55)72-44-26-38(58(6,7)8)28-46(54(44)68-34-42-22-18-20-24-62-42)74-50-32-40(60(12,13)14)31-49(56(50)70-36-52(64)66-16-2)73-45-27-37(57(3,4)5)25-43(71-47)53(45)67-33-41-21-17-19-23-61-41/h17-32H,15-16,33-36H2,1-14H3. The summed E-state index contributed by atoms with van der Waals surface area (Å²) >= 11 is 6.12. The largest absolute Gasteiger partial charge is 0.485 e. The highest BCUT2D eigenvalue weighted by molar-refractivity contribution is 8.01. The summed E-state index contributed by atoms with van der Waals surface area (Å²) < 4.78 is 38.5. The van der Waals surface area contributed by atoms with E-state index in [9.17, 15) is 9.59 Å². The number of ether oxygens (including phenoxy) is 6. The molecule has 0 radical (unpaired) electrons. The van der Waals surface area contributed by atoms with Gasteiger partial charge in [0.1, 0.15) is 36.2 Å². The van der Waals surface area contributed by atoms with Gasteiger partial charge in [0.15, 0.2) is 13.2 Å². The summed E-state index contributed by atoms with van der Waals surface area (Å²) in [5, 5.41) is 0. The molecule has 10 nitrogen and oxygen atoms in total. The number of carbonyl (C=O) groups excluding carboxylic acids is 2. The molecule has 0 atom stereocenters. The Morgan fingerprint density at radius 1 is 0.405 bits per heavy atom. The van der Waals surface area contributed by atoms with Gasteiger partial charge in [0.2, 0.25) is 0 Å². The zero-order valence-corrected chi connectivity index (χ0v) is 48.5. The summed E-state index contributed by atoms with van der Waals surface area (Å²) in [6, 6.07) is 29.1. The maximum Gasteiger partial charge on any atom is 0.344 e. The topological polar surface area (TPSA) is 115 Å². The van der Waals surface area contributed by atoms with Crippen LogP contribution in [0, 0.1) is 0 Å². The van der Waals surface area contributed by atoms with E-state index in [1.54, 1.807) is 26.2 Å². The average Bonchev–Trinajstić information content (AvgIpc) is 3.32. The molecule has 14 heteroatoms. The molecule has 3 heterocycles. The quantitative estimate of drug-likeness (QED) is 0.0962.